The number of methoxy groups -OCH3 is 3. The summed E-state index contributed by atoms with van der Waals surface area (Å²) in [4.78, 5) is 11.7. The second kappa shape index (κ2) is 7.72. The van der Waals surface area contributed by atoms with Gasteiger partial charge in [-0.25, -0.2) is 4.79 Å². The molecule has 1 aromatic carbocycles. The third-order valence-corrected chi connectivity index (χ3v) is 3.52. The number of aromatic amines is 1. The summed E-state index contributed by atoms with van der Waals surface area (Å²) in [7, 11) is 4.48. The number of carbonyl (C=O) groups excluding carboxylic acids is 1. The van der Waals surface area contributed by atoms with E-state index in [1.54, 1.807) is 20.3 Å². The third kappa shape index (κ3) is 3.79. The third-order valence-electron chi connectivity index (χ3n) is 3.52. The highest BCUT2D eigenvalue weighted by Crippen LogP contribution is 2.36. The molecule has 0 spiro atoms. The lowest BCUT2D eigenvalue weighted by atomic mass is 10.0. The van der Waals surface area contributed by atoms with Crippen LogP contribution in [0.1, 0.15) is 19.5 Å². The molecule has 0 aliphatic heterocycles. The molecule has 0 fully saturated rings. The molecule has 2 N–H and O–H groups in total. The molecule has 0 saturated carbocycles. The molecule has 1 amide bonds. The second-order valence-corrected chi connectivity index (χ2v) is 5.71. The van der Waals surface area contributed by atoms with Crippen LogP contribution in [0.2, 0.25) is 0 Å². The number of hydrogen-bond acceptors (Lipinski definition) is 5. The van der Waals surface area contributed by atoms with Crippen LogP contribution in [-0.4, -0.2) is 37.6 Å². The number of benzene rings is 1. The van der Waals surface area contributed by atoms with Crippen molar-refractivity contribution in [1.29, 1.82) is 0 Å². The molecule has 1 heterocycles. The van der Waals surface area contributed by atoms with Gasteiger partial charge in [-0.1, -0.05) is 13.8 Å². The normalized spacial score (nSPS) is 10.6. The Hall–Kier alpha value is -2.70. The lowest BCUT2D eigenvalue weighted by Gasteiger charge is -2.11. The van der Waals surface area contributed by atoms with Gasteiger partial charge in [0.25, 0.3) is 0 Å². The number of nitrogens with zero attached hydrogens (tertiary/aromatic N) is 1. The van der Waals surface area contributed by atoms with Crippen LogP contribution in [0.4, 0.5) is 10.5 Å². The van der Waals surface area contributed by atoms with Gasteiger partial charge in [-0.15, -0.1) is 0 Å². The van der Waals surface area contributed by atoms with Gasteiger partial charge < -0.3 is 14.2 Å². The van der Waals surface area contributed by atoms with Gasteiger partial charge in [0.1, 0.15) is 5.69 Å². The molecule has 0 radical (unpaired) electrons. The smallest absolute Gasteiger partial charge is 0.411 e. The number of rotatable bonds is 6. The maximum Gasteiger partial charge on any atom is 0.411 e. The Morgan fingerprint density at radius 3 is 2.50 bits per heavy atom. The summed E-state index contributed by atoms with van der Waals surface area (Å²) in [5.41, 5.74) is 2.88. The number of H-pyrrole nitrogens is 1. The van der Waals surface area contributed by atoms with Crippen LogP contribution in [0.15, 0.2) is 18.2 Å². The van der Waals surface area contributed by atoms with Crippen LogP contribution in [0.25, 0.3) is 11.3 Å². The van der Waals surface area contributed by atoms with Gasteiger partial charge in [-0.2, -0.15) is 5.10 Å². The van der Waals surface area contributed by atoms with Crippen molar-refractivity contribution < 1.29 is 19.0 Å². The monoisotopic (exact) mass is 333 g/mol. The van der Waals surface area contributed by atoms with Crippen molar-refractivity contribution in [2.45, 2.75) is 20.3 Å². The topological polar surface area (TPSA) is 85.5 Å². The van der Waals surface area contributed by atoms with Crippen molar-refractivity contribution in [2.24, 2.45) is 5.92 Å². The van der Waals surface area contributed by atoms with Crippen molar-refractivity contribution in [3.8, 4) is 22.8 Å². The Morgan fingerprint density at radius 1 is 1.21 bits per heavy atom. The predicted molar refractivity (Wildman–Crippen MR) is 91.7 cm³/mol. The number of nitrogens with one attached hydrogen (secondary N) is 2. The van der Waals surface area contributed by atoms with Gasteiger partial charge in [0, 0.05) is 5.56 Å². The van der Waals surface area contributed by atoms with E-state index in [0.717, 1.165) is 17.7 Å². The second-order valence-electron chi connectivity index (χ2n) is 5.71. The molecular formula is C17H23N3O4. The van der Waals surface area contributed by atoms with Gasteiger partial charge >= 0.3 is 6.09 Å². The van der Waals surface area contributed by atoms with E-state index in [-0.39, 0.29) is 0 Å². The average molecular weight is 333 g/mol. The lowest BCUT2D eigenvalue weighted by molar-refractivity contribution is 0.187. The molecule has 24 heavy (non-hydrogen) atoms. The van der Waals surface area contributed by atoms with Crippen LogP contribution in [0, 0.1) is 5.92 Å². The molecule has 1 aromatic heterocycles. The van der Waals surface area contributed by atoms with Gasteiger partial charge in [0.05, 0.1) is 32.7 Å². The molecule has 0 aliphatic rings. The first-order chi connectivity index (χ1) is 11.5. The zero-order valence-corrected chi connectivity index (χ0v) is 14.6. The summed E-state index contributed by atoms with van der Waals surface area (Å²) in [6, 6.07) is 5.47. The summed E-state index contributed by atoms with van der Waals surface area (Å²) >= 11 is 0. The molecule has 0 bridgehead atoms. The highest BCUT2D eigenvalue weighted by Gasteiger charge is 2.19. The van der Waals surface area contributed by atoms with E-state index in [1.807, 2.05) is 12.1 Å². The van der Waals surface area contributed by atoms with Crippen molar-refractivity contribution in [3.63, 3.8) is 0 Å². The largest absolute Gasteiger partial charge is 0.493 e. The summed E-state index contributed by atoms with van der Waals surface area (Å²) in [6.45, 7) is 4.19. The fourth-order valence-electron chi connectivity index (χ4n) is 2.41. The fourth-order valence-corrected chi connectivity index (χ4v) is 2.41. The summed E-state index contributed by atoms with van der Waals surface area (Å²) in [5, 5.41) is 10.1. The molecule has 7 nitrogen and oxygen atoms in total. The summed E-state index contributed by atoms with van der Waals surface area (Å²) in [5.74, 6) is 1.62. The Balaban J connectivity index is 2.49. The van der Waals surface area contributed by atoms with E-state index in [4.69, 9.17) is 14.2 Å². The first-order valence-corrected chi connectivity index (χ1v) is 7.64. The minimum atomic E-state index is -0.539. The molecule has 0 saturated heterocycles. The van der Waals surface area contributed by atoms with E-state index in [1.165, 1.54) is 7.11 Å². The standard InChI is InChI=1S/C17H23N3O4/c1-10(2)8-12-16(18-17(21)24-5)15(20-19-12)11-6-7-13(22-3)14(9-11)23-4/h6-7,9-10H,8H2,1-5H3,(H,18,21)(H,19,20). The minimum absolute atomic E-state index is 0.405. The Morgan fingerprint density at radius 2 is 1.92 bits per heavy atom. The molecule has 0 atom stereocenters. The Labute approximate surface area is 141 Å². The maximum absolute atomic E-state index is 11.7. The van der Waals surface area contributed by atoms with Crippen LogP contribution >= 0.6 is 0 Å². The molecule has 2 aromatic rings. The number of amides is 1. The zero-order chi connectivity index (χ0) is 17.7. The SMILES string of the molecule is COC(=O)Nc1c(-c2ccc(OC)c(OC)c2)n[nH]c1CC(C)C. The number of hydrogen-bond donors (Lipinski definition) is 2. The molecule has 7 heteroatoms. The van der Waals surface area contributed by atoms with E-state index >= 15 is 0 Å². The molecule has 0 unspecified atom stereocenters. The van der Waals surface area contributed by atoms with Gasteiger partial charge in [0.2, 0.25) is 0 Å². The van der Waals surface area contributed by atoms with Crippen molar-refractivity contribution >= 4 is 11.8 Å². The van der Waals surface area contributed by atoms with Gasteiger partial charge in [0.15, 0.2) is 11.5 Å². The summed E-state index contributed by atoms with van der Waals surface area (Å²) in [6.07, 6.45) is 0.211. The molecular weight excluding hydrogens is 310 g/mol. The highest BCUT2D eigenvalue weighted by atomic mass is 16.5. The highest BCUT2D eigenvalue weighted by molar-refractivity contribution is 5.91. The first kappa shape index (κ1) is 17.7. The number of carbonyl (C=O) groups is 1. The van der Waals surface area contributed by atoms with Crippen molar-refractivity contribution in [1.82, 2.24) is 10.2 Å². The Bertz CT molecular complexity index is 710. The maximum atomic E-state index is 11.7. The summed E-state index contributed by atoms with van der Waals surface area (Å²) < 4.78 is 15.3. The fraction of sp³-hybridized carbons (Fsp3) is 0.412. The van der Waals surface area contributed by atoms with Crippen LogP contribution in [-0.2, 0) is 11.2 Å². The van der Waals surface area contributed by atoms with E-state index < -0.39 is 6.09 Å². The zero-order valence-electron chi connectivity index (χ0n) is 14.6. The van der Waals surface area contributed by atoms with E-state index in [0.29, 0.717) is 28.8 Å². The van der Waals surface area contributed by atoms with E-state index in [2.05, 4.69) is 29.4 Å². The van der Waals surface area contributed by atoms with Crippen molar-refractivity contribution in [2.75, 3.05) is 26.6 Å². The molecule has 2 rings (SSSR count). The average Bonchev–Trinajstić information content (AvgIpc) is 2.95. The first-order valence-electron chi connectivity index (χ1n) is 7.64. The van der Waals surface area contributed by atoms with Crippen LogP contribution in [0.3, 0.4) is 0 Å². The molecule has 130 valence electrons. The van der Waals surface area contributed by atoms with Crippen LogP contribution in [0.5, 0.6) is 11.5 Å². The Kier molecular flexibility index (Phi) is 5.68. The molecule has 0 aliphatic carbocycles. The van der Waals surface area contributed by atoms with Crippen molar-refractivity contribution in [3.05, 3.63) is 23.9 Å². The number of anilines is 1. The predicted octanol–water partition coefficient (Wildman–Crippen LogP) is 3.47. The lowest BCUT2D eigenvalue weighted by Crippen LogP contribution is -2.13. The number of ether oxygens (including phenoxy) is 3. The van der Waals surface area contributed by atoms with Gasteiger partial charge in [-0.05, 0) is 30.5 Å². The minimum Gasteiger partial charge on any atom is -0.493 e. The van der Waals surface area contributed by atoms with Gasteiger partial charge in [-0.3, -0.25) is 10.4 Å². The van der Waals surface area contributed by atoms with Crippen LogP contribution < -0.4 is 14.8 Å². The quantitative estimate of drug-likeness (QED) is 0.845. The van der Waals surface area contributed by atoms with E-state index in [9.17, 15) is 4.79 Å². The number of aromatic nitrogens is 2.